The smallest absolute Gasteiger partial charge is 0.340 e. The van der Waals surface area contributed by atoms with Crippen molar-refractivity contribution in [2.24, 2.45) is 0 Å². The van der Waals surface area contributed by atoms with Crippen molar-refractivity contribution in [3.63, 3.8) is 0 Å². The highest BCUT2D eigenvalue weighted by Gasteiger charge is 2.46. The second kappa shape index (κ2) is 9.21. The number of likely N-dealkylation sites (tertiary alicyclic amines) is 1. The fourth-order valence-corrected chi connectivity index (χ4v) is 3.89. The van der Waals surface area contributed by atoms with Crippen molar-refractivity contribution in [2.45, 2.75) is 44.9 Å². The maximum Gasteiger partial charge on any atom is 0.340 e. The van der Waals surface area contributed by atoms with E-state index in [0.717, 1.165) is 12.8 Å². The first-order valence-corrected chi connectivity index (χ1v) is 10.7. The van der Waals surface area contributed by atoms with E-state index in [1.54, 1.807) is 48.5 Å². The van der Waals surface area contributed by atoms with Crippen LogP contribution in [-0.2, 0) is 19.1 Å². The van der Waals surface area contributed by atoms with Crippen molar-refractivity contribution >= 4 is 29.4 Å². The molecule has 4 rings (SSSR count). The molecule has 0 saturated carbocycles. The lowest BCUT2D eigenvalue weighted by atomic mass is 10.1. The third kappa shape index (κ3) is 4.21. The minimum Gasteiger partial charge on any atom is -0.462 e. The molecule has 0 radical (unpaired) electrons. The SMILES string of the molecule is CCCCOC(=O)c1ccc(NC(=O)C2CCC(=O)N2C2OC(=O)c3ccccc32)cc1. The normalized spacial score (nSPS) is 19.5. The predicted octanol–water partition coefficient (Wildman–Crippen LogP) is 3.44. The van der Waals surface area contributed by atoms with Gasteiger partial charge >= 0.3 is 11.9 Å². The zero-order valence-corrected chi connectivity index (χ0v) is 17.7. The van der Waals surface area contributed by atoms with Crippen LogP contribution in [0.5, 0.6) is 0 Å². The van der Waals surface area contributed by atoms with E-state index < -0.39 is 24.2 Å². The largest absolute Gasteiger partial charge is 0.462 e. The molecule has 2 heterocycles. The number of amides is 2. The number of unbranched alkanes of at least 4 members (excludes halogenated alkanes) is 1. The van der Waals surface area contributed by atoms with Crippen LogP contribution in [0.15, 0.2) is 48.5 Å². The molecule has 8 nitrogen and oxygen atoms in total. The Hall–Kier alpha value is -3.68. The van der Waals surface area contributed by atoms with Gasteiger partial charge in [-0.1, -0.05) is 31.5 Å². The molecule has 1 fully saturated rings. The first-order chi connectivity index (χ1) is 15.5. The fraction of sp³-hybridized carbons (Fsp3) is 0.333. The van der Waals surface area contributed by atoms with E-state index in [2.05, 4.69) is 5.32 Å². The highest BCUT2D eigenvalue weighted by atomic mass is 16.6. The molecular formula is C24H24N2O6. The highest BCUT2D eigenvalue weighted by molar-refractivity contribution is 6.00. The van der Waals surface area contributed by atoms with Gasteiger partial charge in [-0.2, -0.15) is 0 Å². The summed E-state index contributed by atoms with van der Waals surface area (Å²) in [6, 6.07) is 12.5. The van der Waals surface area contributed by atoms with E-state index in [4.69, 9.17) is 9.47 Å². The van der Waals surface area contributed by atoms with Crippen LogP contribution < -0.4 is 5.32 Å². The minimum atomic E-state index is -0.912. The number of rotatable bonds is 7. The fourth-order valence-electron chi connectivity index (χ4n) is 3.89. The molecule has 8 heteroatoms. The Kier molecular flexibility index (Phi) is 6.20. The predicted molar refractivity (Wildman–Crippen MR) is 115 cm³/mol. The van der Waals surface area contributed by atoms with Crippen LogP contribution >= 0.6 is 0 Å². The molecule has 166 valence electrons. The number of nitrogens with one attached hydrogen (secondary N) is 1. The van der Waals surface area contributed by atoms with Gasteiger partial charge in [-0.15, -0.1) is 0 Å². The van der Waals surface area contributed by atoms with E-state index >= 15 is 0 Å². The van der Waals surface area contributed by atoms with Gasteiger partial charge in [0.2, 0.25) is 18.0 Å². The van der Waals surface area contributed by atoms with Crippen LogP contribution in [0.4, 0.5) is 5.69 Å². The second-order valence-corrected chi connectivity index (χ2v) is 7.76. The van der Waals surface area contributed by atoms with Crippen molar-refractivity contribution in [2.75, 3.05) is 11.9 Å². The molecule has 0 bridgehead atoms. The van der Waals surface area contributed by atoms with Gasteiger partial charge in [0, 0.05) is 17.7 Å². The molecule has 2 atom stereocenters. The number of hydrogen-bond donors (Lipinski definition) is 1. The quantitative estimate of drug-likeness (QED) is 0.527. The highest BCUT2D eigenvalue weighted by Crippen LogP contribution is 2.38. The Bertz CT molecular complexity index is 1050. The van der Waals surface area contributed by atoms with Gasteiger partial charge in [-0.3, -0.25) is 14.5 Å². The van der Waals surface area contributed by atoms with Crippen LogP contribution in [0.3, 0.4) is 0 Å². The molecule has 0 spiro atoms. The van der Waals surface area contributed by atoms with Crippen molar-refractivity contribution < 1.29 is 28.7 Å². The standard InChI is InChI=1S/C24H24N2O6/c1-2-3-14-31-23(29)15-8-10-16(11-9-15)25-21(28)19-12-13-20(27)26(19)22-17-6-4-5-7-18(17)24(30)32-22/h4-11,19,22H,2-3,12-14H2,1H3,(H,25,28). The Morgan fingerprint density at radius 1 is 1.12 bits per heavy atom. The molecule has 2 aromatic carbocycles. The molecule has 32 heavy (non-hydrogen) atoms. The third-order valence-electron chi connectivity index (χ3n) is 5.60. The van der Waals surface area contributed by atoms with Crippen LogP contribution in [-0.4, -0.2) is 41.3 Å². The Morgan fingerprint density at radius 3 is 2.62 bits per heavy atom. The van der Waals surface area contributed by atoms with Gasteiger partial charge in [0.15, 0.2) is 0 Å². The summed E-state index contributed by atoms with van der Waals surface area (Å²) in [5.74, 6) is -1.55. The van der Waals surface area contributed by atoms with Crippen LogP contribution in [0, 0.1) is 0 Å². The van der Waals surface area contributed by atoms with Gasteiger partial charge in [0.1, 0.15) is 6.04 Å². The molecule has 2 amide bonds. The zero-order valence-electron chi connectivity index (χ0n) is 17.7. The van der Waals surface area contributed by atoms with Crippen LogP contribution in [0.1, 0.15) is 65.1 Å². The van der Waals surface area contributed by atoms with Crippen LogP contribution in [0.25, 0.3) is 0 Å². The summed E-state index contributed by atoms with van der Waals surface area (Å²) in [6.07, 6.45) is 1.34. The van der Waals surface area contributed by atoms with Gasteiger partial charge < -0.3 is 14.8 Å². The summed E-state index contributed by atoms with van der Waals surface area (Å²) in [5.41, 5.74) is 1.86. The van der Waals surface area contributed by atoms with Gasteiger partial charge in [-0.25, -0.2) is 9.59 Å². The van der Waals surface area contributed by atoms with Crippen molar-refractivity contribution in [1.29, 1.82) is 0 Å². The molecular weight excluding hydrogens is 412 g/mol. The summed E-state index contributed by atoms with van der Waals surface area (Å²) < 4.78 is 10.6. The van der Waals surface area contributed by atoms with E-state index in [9.17, 15) is 19.2 Å². The summed E-state index contributed by atoms with van der Waals surface area (Å²) in [6.45, 7) is 2.38. The molecule has 2 unspecified atom stereocenters. The van der Waals surface area contributed by atoms with E-state index in [0.29, 0.717) is 35.4 Å². The second-order valence-electron chi connectivity index (χ2n) is 7.76. The Balaban J connectivity index is 1.45. The molecule has 2 aromatic rings. The van der Waals surface area contributed by atoms with E-state index in [1.165, 1.54) is 4.90 Å². The molecule has 0 aliphatic carbocycles. The number of fused-ring (bicyclic) bond motifs is 1. The Morgan fingerprint density at radius 2 is 1.88 bits per heavy atom. The molecule has 2 aliphatic heterocycles. The number of cyclic esters (lactones) is 1. The molecule has 1 N–H and O–H groups in total. The number of hydrogen-bond acceptors (Lipinski definition) is 6. The maximum absolute atomic E-state index is 13.0. The first-order valence-electron chi connectivity index (χ1n) is 10.7. The number of carbonyl (C=O) groups is 4. The Labute approximate surface area is 185 Å². The van der Waals surface area contributed by atoms with Crippen molar-refractivity contribution in [1.82, 2.24) is 4.90 Å². The van der Waals surface area contributed by atoms with Gasteiger partial charge in [0.25, 0.3) is 0 Å². The monoisotopic (exact) mass is 436 g/mol. The van der Waals surface area contributed by atoms with E-state index in [1.807, 2.05) is 6.92 Å². The molecule has 1 saturated heterocycles. The molecule has 2 aliphatic rings. The van der Waals surface area contributed by atoms with Gasteiger partial charge in [-0.05, 0) is 43.2 Å². The van der Waals surface area contributed by atoms with Gasteiger partial charge in [0.05, 0.1) is 17.7 Å². The lowest BCUT2D eigenvalue weighted by molar-refractivity contribution is -0.144. The number of carbonyl (C=O) groups excluding carboxylic acids is 4. The number of esters is 2. The zero-order chi connectivity index (χ0) is 22.7. The summed E-state index contributed by atoms with van der Waals surface area (Å²) in [4.78, 5) is 51.1. The average molecular weight is 436 g/mol. The number of ether oxygens (including phenoxy) is 2. The summed E-state index contributed by atoms with van der Waals surface area (Å²) >= 11 is 0. The third-order valence-corrected chi connectivity index (χ3v) is 5.60. The lowest BCUT2D eigenvalue weighted by Crippen LogP contribution is -2.43. The lowest BCUT2D eigenvalue weighted by Gasteiger charge is -2.29. The number of benzene rings is 2. The number of nitrogens with zero attached hydrogens (tertiary/aromatic N) is 1. The topological polar surface area (TPSA) is 102 Å². The van der Waals surface area contributed by atoms with E-state index in [-0.39, 0.29) is 18.2 Å². The summed E-state index contributed by atoms with van der Waals surface area (Å²) in [7, 11) is 0. The summed E-state index contributed by atoms with van der Waals surface area (Å²) in [5, 5.41) is 2.79. The number of anilines is 1. The maximum atomic E-state index is 13.0. The van der Waals surface area contributed by atoms with Crippen molar-refractivity contribution in [3.05, 3.63) is 65.2 Å². The van der Waals surface area contributed by atoms with Crippen LogP contribution in [0.2, 0.25) is 0 Å². The van der Waals surface area contributed by atoms with Crippen molar-refractivity contribution in [3.8, 4) is 0 Å². The first kappa shape index (κ1) is 21.5. The minimum absolute atomic E-state index is 0.191. The molecule has 0 aromatic heterocycles. The average Bonchev–Trinajstić information content (AvgIpc) is 3.34.